The number of allylic oxidation sites excluding steroid dienone is 1. The van der Waals surface area contributed by atoms with Gasteiger partial charge in [-0.2, -0.15) is 0 Å². The minimum absolute atomic E-state index is 0.0857. The Morgan fingerprint density at radius 2 is 1.86 bits per heavy atom. The monoisotopic (exact) mass is 302 g/mol. The first-order valence-corrected chi connectivity index (χ1v) is 8.02. The number of rotatable bonds is 3. The summed E-state index contributed by atoms with van der Waals surface area (Å²) < 4.78 is 17.3. The van der Waals surface area contributed by atoms with Crippen molar-refractivity contribution in [2.75, 3.05) is 14.2 Å². The van der Waals surface area contributed by atoms with Gasteiger partial charge in [0.25, 0.3) is 0 Å². The predicted molar refractivity (Wildman–Crippen MR) is 87.4 cm³/mol. The van der Waals surface area contributed by atoms with E-state index in [0.717, 1.165) is 17.9 Å². The molecule has 0 unspecified atom stereocenters. The third-order valence-electron chi connectivity index (χ3n) is 5.36. The molecular weight excluding hydrogens is 276 g/mol. The number of hydrogen-bond acceptors (Lipinski definition) is 3. The largest absolute Gasteiger partial charge is 0.493 e. The van der Waals surface area contributed by atoms with Crippen molar-refractivity contribution in [1.82, 2.24) is 0 Å². The maximum Gasteiger partial charge on any atom is 0.161 e. The molecule has 1 aromatic carbocycles. The smallest absolute Gasteiger partial charge is 0.161 e. The van der Waals surface area contributed by atoms with Gasteiger partial charge in [0.1, 0.15) is 0 Å². The molecule has 1 aliphatic heterocycles. The molecule has 3 atom stereocenters. The molecule has 0 radical (unpaired) electrons. The van der Waals surface area contributed by atoms with Gasteiger partial charge in [-0.05, 0) is 57.2 Å². The average molecular weight is 302 g/mol. The van der Waals surface area contributed by atoms with E-state index >= 15 is 0 Å². The van der Waals surface area contributed by atoms with Crippen LogP contribution in [0.15, 0.2) is 29.8 Å². The maximum absolute atomic E-state index is 6.53. The van der Waals surface area contributed by atoms with Gasteiger partial charge < -0.3 is 14.2 Å². The molecule has 1 fully saturated rings. The number of benzene rings is 1. The number of fused-ring (bicyclic) bond motifs is 2. The first kappa shape index (κ1) is 15.4. The molecular formula is C19H26O3. The van der Waals surface area contributed by atoms with Crippen molar-refractivity contribution in [3.8, 4) is 11.5 Å². The Morgan fingerprint density at radius 3 is 2.55 bits per heavy atom. The van der Waals surface area contributed by atoms with Gasteiger partial charge in [0, 0.05) is 5.92 Å². The standard InChI is InChI=1S/C19H26O3/c1-12-6-8-14-11-15(12)18(22-19(14,2)3)13-7-9-16(20-4)17(10-13)21-5/h6-7,9-10,14-15,18H,8,11H2,1-5H3/t14-,15-,18+/m1/s1. The van der Waals surface area contributed by atoms with Gasteiger partial charge in [0.05, 0.1) is 25.9 Å². The Balaban J connectivity index is 1.99. The highest BCUT2D eigenvalue weighted by Crippen LogP contribution is 2.51. The Morgan fingerprint density at radius 1 is 1.14 bits per heavy atom. The fourth-order valence-electron chi connectivity index (χ4n) is 3.83. The number of ether oxygens (including phenoxy) is 3. The van der Waals surface area contributed by atoms with Crippen molar-refractivity contribution in [2.45, 2.75) is 45.3 Å². The second-order valence-electron chi connectivity index (χ2n) is 6.98. The minimum Gasteiger partial charge on any atom is -0.493 e. The third-order valence-corrected chi connectivity index (χ3v) is 5.36. The van der Waals surface area contributed by atoms with E-state index in [1.54, 1.807) is 14.2 Å². The zero-order valence-electron chi connectivity index (χ0n) is 14.2. The normalized spacial score (nSPS) is 29.7. The molecule has 3 nitrogen and oxygen atoms in total. The van der Waals surface area contributed by atoms with E-state index in [0.29, 0.717) is 11.8 Å². The van der Waals surface area contributed by atoms with Crippen molar-refractivity contribution >= 4 is 0 Å². The Labute approximate surface area is 133 Å². The van der Waals surface area contributed by atoms with Crippen LogP contribution in [-0.2, 0) is 4.74 Å². The van der Waals surface area contributed by atoms with Crippen LogP contribution in [0.2, 0.25) is 0 Å². The molecule has 3 rings (SSSR count). The highest BCUT2D eigenvalue weighted by atomic mass is 16.5. The van der Waals surface area contributed by atoms with E-state index in [1.807, 2.05) is 6.07 Å². The Hall–Kier alpha value is -1.48. The molecule has 3 heteroatoms. The molecule has 0 saturated carbocycles. The summed E-state index contributed by atoms with van der Waals surface area (Å²) in [6, 6.07) is 6.13. The van der Waals surface area contributed by atoms with Crippen molar-refractivity contribution < 1.29 is 14.2 Å². The second-order valence-corrected chi connectivity index (χ2v) is 6.98. The molecule has 22 heavy (non-hydrogen) atoms. The summed E-state index contributed by atoms with van der Waals surface area (Å²) in [5, 5.41) is 0. The Bertz CT molecular complexity index is 588. The SMILES string of the molecule is COc1ccc([C@@H]2OC(C)(C)[C@@H]3CC=C(C)[C@H]2C3)cc1OC. The summed E-state index contributed by atoms with van der Waals surface area (Å²) in [5.41, 5.74) is 2.53. The van der Waals surface area contributed by atoms with Gasteiger partial charge >= 0.3 is 0 Å². The molecule has 2 aliphatic rings. The van der Waals surface area contributed by atoms with Crippen molar-refractivity contribution in [3.63, 3.8) is 0 Å². The summed E-state index contributed by atoms with van der Waals surface area (Å²) in [4.78, 5) is 0. The quantitative estimate of drug-likeness (QED) is 0.768. The molecule has 1 aromatic rings. The molecule has 2 bridgehead atoms. The minimum atomic E-state index is -0.0917. The molecule has 120 valence electrons. The lowest BCUT2D eigenvalue weighted by atomic mass is 9.69. The van der Waals surface area contributed by atoms with E-state index in [9.17, 15) is 0 Å². The predicted octanol–water partition coefficient (Wildman–Crippen LogP) is 4.53. The van der Waals surface area contributed by atoms with Crippen LogP contribution in [0.1, 0.15) is 45.3 Å². The van der Waals surface area contributed by atoms with Gasteiger partial charge in [0.2, 0.25) is 0 Å². The van der Waals surface area contributed by atoms with E-state index in [1.165, 1.54) is 17.6 Å². The van der Waals surface area contributed by atoms with Gasteiger partial charge in [-0.25, -0.2) is 0 Å². The summed E-state index contributed by atoms with van der Waals surface area (Å²) in [6.45, 7) is 6.67. The first-order chi connectivity index (χ1) is 10.5. The number of methoxy groups -OCH3 is 2. The lowest BCUT2D eigenvalue weighted by molar-refractivity contribution is -0.166. The van der Waals surface area contributed by atoms with Crippen molar-refractivity contribution in [2.24, 2.45) is 11.8 Å². The van der Waals surface area contributed by atoms with Crippen LogP contribution in [0.5, 0.6) is 11.5 Å². The topological polar surface area (TPSA) is 27.7 Å². The van der Waals surface area contributed by atoms with Crippen LogP contribution >= 0.6 is 0 Å². The molecule has 0 amide bonds. The molecule has 0 N–H and O–H groups in total. The molecule has 1 aliphatic carbocycles. The lowest BCUT2D eigenvalue weighted by Crippen LogP contribution is -2.45. The van der Waals surface area contributed by atoms with Gasteiger partial charge in [-0.1, -0.05) is 17.7 Å². The average Bonchev–Trinajstić information content (AvgIpc) is 2.52. The first-order valence-electron chi connectivity index (χ1n) is 8.02. The van der Waals surface area contributed by atoms with E-state index in [-0.39, 0.29) is 11.7 Å². The van der Waals surface area contributed by atoms with Crippen LogP contribution in [0, 0.1) is 11.8 Å². The zero-order chi connectivity index (χ0) is 15.9. The van der Waals surface area contributed by atoms with Crippen LogP contribution in [0.3, 0.4) is 0 Å². The summed E-state index contributed by atoms with van der Waals surface area (Å²) in [7, 11) is 3.34. The fourth-order valence-corrected chi connectivity index (χ4v) is 3.83. The van der Waals surface area contributed by atoms with Gasteiger partial charge in [-0.15, -0.1) is 0 Å². The molecule has 1 saturated heterocycles. The van der Waals surface area contributed by atoms with Crippen LogP contribution in [0.4, 0.5) is 0 Å². The third kappa shape index (κ3) is 2.52. The fraction of sp³-hybridized carbons (Fsp3) is 0.579. The van der Waals surface area contributed by atoms with E-state index in [2.05, 4.69) is 39.0 Å². The lowest BCUT2D eigenvalue weighted by Gasteiger charge is -2.49. The molecule has 0 spiro atoms. The molecule has 1 heterocycles. The van der Waals surface area contributed by atoms with E-state index in [4.69, 9.17) is 14.2 Å². The Kier molecular flexibility index (Phi) is 3.94. The summed E-state index contributed by atoms with van der Waals surface area (Å²) >= 11 is 0. The maximum atomic E-state index is 6.53. The van der Waals surface area contributed by atoms with Crippen LogP contribution < -0.4 is 9.47 Å². The highest BCUT2D eigenvalue weighted by Gasteiger charge is 2.45. The van der Waals surface area contributed by atoms with E-state index < -0.39 is 0 Å². The van der Waals surface area contributed by atoms with Crippen LogP contribution in [0.25, 0.3) is 0 Å². The zero-order valence-corrected chi connectivity index (χ0v) is 14.2. The highest BCUT2D eigenvalue weighted by molar-refractivity contribution is 5.44. The second kappa shape index (κ2) is 5.62. The molecule has 0 aromatic heterocycles. The van der Waals surface area contributed by atoms with Crippen molar-refractivity contribution in [1.29, 1.82) is 0 Å². The van der Waals surface area contributed by atoms with Gasteiger partial charge in [0.15, 0.2) is 11.5 Å². The van der Waals surface area contributed by atoms with Crippen molar-refractivity contribution in [3.05, 3.63) is 35.4 Å². The van der Waals surface area contributed by atoms with Gasteiger partial charge in [-0.3, -0.25) is 0 Å². The van der Waals surface area contributed by atoms with Crippen LogP contribution in [-0.4, -0.2) is 19.8 Å². The summed E-state index contributed by atoms with van der Waals surface area (Å²) in [6.07, 6.45) is 4.82. The summed E-state index contributed by atoms with van der Waals surface area (Å²) in [5.74, 6) is 2.60. The number of hydrogen-bond donors (Lipinski definition) is 0.